The predicted molar refractivity (Wildman–Crippen MR) is 129 cm³/mol. The van der Waals surface area contributed by atoms with Crippen LogP contribution in [0.5, 0.6) is 0 Å². The van der Waals surface area contributed by atoms with Gasteiger partial charge in [0.25, 0.3) is 0 Å². The third-order valence-electron chi connectivity index (χ3n) is 5.78. The number of halogens is 2. The van der Waals surface area contributed by atoms with Crippen molar-refractivity contribution in [1.82, 2.24) is 14.8 Å². The Morgan fingerprint density at radius 2 is 1.94 bits per heavy atom. The van der Waals surface area contributed by atoms with Crippen molar-refractivity contribution in [3.05, 3.63) is 81.0 Å². The van der Waals surface area contributed by atoms with Crippen LogP contribution in [0.1, 0.15) is 43.9 Å². The topological polar surface area (TPSA) is 59.8 Å². The number of hydrogen-bond donors (Lipinski definition) is 1. The molecule has 32 heavy (non-hydrogen) atoms. The number of nitrogens with zero attached hydrogens (tertiary/aromatic N) is 3. The minimum Gasteiger partial charge on any atom is -0.328 e. The van der Waals surface area contributed by atoms with Crippen molar-refractivity contribution >= 4 is 46.7 Å². The normalized spacial score (nSPS) is 19.4. The fraction of sp³-hybridized carbons (Fsp3) is 0.292. The Balaban J connectivity index is 1.57. The molecule has 1 N–H and O–H groups in total. The van der Waals surface area contributed by atoms with Gasteiger partial charge in [-0.1, -0.05) is 85.2 Å². The van der Waals surface area contributed by atoms with Gasteiger partial charge in [-0.25, -0.2) is 4.68 Å². The zero-order valence-electron chi connectivity index (χ0n) is 17.7. The van der Waals surface area contributed by atoms with Gasteiger partial charge in [0.05, 0.1) is 0 Å². The Hall–Kier alpha value is -2.28. The molecule has 1 aliphatic heterocycles. The van der Waals surface area contributed by atoms with E-state index in [4.69, 9.17) is 33.3 Å². The molecule has 0 saturated heterocycles. The van der Waals surface area contributed by atoms with E-state index < -0.39 is 6.04 Å². The van der Waals surface area contributed by atoms with Gasteiger partial charge in [-0.2, -0.15) is 4.98 Å². The Morgan fingerprint density at radius 1 is 1.16 bits per heavy atom. The van der Waals surface area contributed by atoms with Crippen molar-refractivity contribution in [3.8, 4) is 0 Å². The Morgan fingerprint density at radius 3 is 2.69 bits per heavy atom. The highest BCUT2D eigenvalue weighted by Gasteiger charge is 2.42. The van der Waals surface area contributed by atoms with Crippen molar-refractivity contribution in [2.24, 2.45) is 5.41 Å². The molecule has 2 aliphatic rings. The Kier molecular flexibility index (Phi) is 5.56. The zero-order valence-corrected chi connectivity index (χ0v) is 20.1. The molecule has 1 aliphatic carbocycles. The van der Waals surface area contributed by atoms with Gasteiger partial charge < -0.3 is 5.32 Å². The van der Waals surface area contributed by atoms with Crippen molar-refractivity contribution < 1.29 is 4.79 Å². The molecule has 2 heterocycles. The highest BCUT2D eigenvalue weighted by atomic mass is 35.5. The second-order valence-corrected chi connectivity index (χ2v) is 10.7. The van der Waals surface area contributed by atoms with Crippen LogP contribution in [0.15, 0.2) is 65.0 Å². The summed E-state index contributed by atoms with van der Waals surface area (Å²) in [4.78, 5) is 18.0. The SMILES string of the molecule is CC1(C)CC(=O)C2=C(C1)Nc1nc(SCc3ccccc3)nn1[C@H]2c1ccc(Cl)cc1Cl. The monoisotopic (exact) mass is 484 g/mol. The van der Waals surface area contributed by atoms with E-state index in [-0.39, 0.29) is 11.2 Å². The molecule has 1 atom stereocenters. The maximum Gasteiger partial charge on any atom is 0.227 e. The third-order valence-corrected chi connectivity index (χ3v) is 7.25. The molecule has 0 bridgehead atoms. The van der Waals surface area contributed by atoms with Crippen LogP contribution in [-0.4, -0.2) is 20.5 Å². The van der Waals surface area contributed by atoms with Crippen LogP contribution in [0.25, 0.3) is 0 Å². The van der Waals surface area contributed by atoms with Gasteiger partial charge in [-0.05, 0) is 29.5 Å². The largest absolute Gasteiger partial charge is 0.328 e. The molecule has 5 rings (SSSR count). The molecule has 2 aromatic carbocycles. The first-order chi connectivity index (χ1) is 15.3. The molecule has 0 saturated carbocycles. The van der Waals surface area contributed by atoms with Gasteiger partial charge in [0, 0.05) is 39.1 Å². The quantitative estimate of drug-likeness (QED) is 0.426. The molecule has 8 heteroatoms. The number of rotatable bonds is 4. The number of allylic oxidation sites excluding steroid dienone is 2. The number of anilines is 1. The second kappa shape index (κ2) is 8.25. The molecule has 164 valence electrons. The first-order valence-corrected chi connectivity index (χ1v) is 12.2. The Bertz CT molecular complexity index is 1240. The average molecular weight is 485 g/mol. The minimum atomic E-state index is -0.437. The summed E-state index contributed by atoms with van der Waals surface area (Å²) >= 11 is 14.3. The van der Waals surface area contributed by atoms with Crippen molar-refractivity contribution in [2.75, 3.05) is 5.32 Å². The van der Waals surface area contributed by atoms with Crippen molar-refractivity contribution in [3.63, 3.8) is 0 Å². The minimum absolute atomic E-state index is 0.111. The zero-order chi connectivity index (χ0) is 22.5. The number of carbonyl (C=O) groups excluding carboxylic acids is 1. The van der Waals surface area contributed by atoms with Crippen molar-refractivity contribution in [1.29, 1.82) is 0 Å². The van der Waals surface area contributed by atoms with Crippen LogP contribution >= 0.6 is 35.0 Å². The third kappa shape index (κ3) is 4.07. The molecule has 0 fully saturated rings. The van der Waals surface area contributed by atoms with Crippen LogP contribution in [0.4, 0.5) is 5.95 Å². The number of fused-ring (bicyclic) bond motifs is 1. The van der Waals surface area contributed by atoms with Gasteiger partial charge in [-0.3, -0.25) is 4.79 Å². The van der Waals surface area contributed by atoms with E-state index in [2.05, 4.69) is 31.3 Å². The highest BCUT2D eigenvalue weighted by Crippen LogP contribution is 2.47. The van der Waals surface area contributed by atoms with E-state index in [1.165, 1.54) is 5.56 Å². The molecule has 0 radical (unpaired) electrons. The summed E-state index contributed by atoms with van der Waals surface area (Å²) in [6.45, 7) is 4.22. The highest BCUT2D eigenvalue weighted by molar-refractivity contribution is 7.98. The number of hydrogen-bond acceptors (Lipinski definition) is 5. The van der Waals surface area contributed by atoms with Gasteiger partial charge in [0.1, 0.15) is 6.04 Å². The van der Waals surface area contributed by atoms with Crippen LogP contribution in [-0.2, 0) is 10.5 Å². The lowest BCUT2D eigenvalue weighted by Crippen LogP contribution is -2.36. The first kappa shape index (κ1) is 21.6. The lowest BCUT2D eigenvalue weighted by Gasteiger charge is -2.38. The molecule has 3 aromatic rings. The van der Waals surface area contributed by atoms with E-state index >= 15 is 0 Å². The van der Waals surface area contributed by atoms with Gasteiger partial charge in [0.2, 0.25) is 11.1 Å². The summed E-state index contributed by atoms with van der Waals surface area (Å²) in [7, 11) is 0. The van der Waals surface area contributed by atoms with Crippen LogP contribution in [0.3, 0.4) is 0 Å². The number of Topliss-reactive ketones (excluding diaryl/α,β-unsaturated/α-hetero) is 1. The molecular formula is C24H22Cl2N4OS. The maximum atomic E-state index is 13.3. The summed E-state index contributed by atoms with van der Waals surface area (Å²) in [6.07, 6.45) is 1.24. The van der Waals surface area contributed by atoms with Gasteiger partial charge >= 0.3 is 0 Å². The van der Waals surface area contributed by atoms with Crippen LogP contribution in [0.2, 0.25) is 10.0 Å². The lowest BCUT2D eigenvalue weighted by atomic mass is 9.73. The standard InChI is InChI=1S/C24H22Cl2N4OS/c1-24(2)11-18-20(19(31)12-24)21(16-9-8-15(25)10-17(16)26)30-22(27-18)28-23(29-30)32-13-14-6-4-3-5-7-14/h3-10,21H,11-13H2,1-2H3,(H,27,28,29)/t21-/m0/s1. The van der Waals surface area contributed by atoms with E-state index in [1.807, 2.05) is 24.3 Å². The number of ketones is 1. The number of benzene rings is 2. The van der Waals surface area contributed by atoms with Gasteiger partial charge in [-0.15, -0.1) is 5.10 Å². The molecule has 0 spiro atoms. The average Bonchev–Trinajstić information content (AvgIpc) is 3.13. The van der Waals surface area contributed by atoms with Gasteiger partial charge in [0.15, 0.2) is 5.78 Å². The molecular weight excluding hydrogens is 463 g/mol. The number of thioether (sulfide) groups is 1. The maximum absolute atomic E-state index is 13.3. The van der Waals surface area contributed by atoms with E-state index in [0.717, 1.165) is 23.4 Å². The van der Waals surface area contributed by atoms with Crippen LogP contribution in [0, 0.1) is 5.41 Å². The summed E-state index contributed by atoms with van der Waals surface area (Å²) in [5.74, 6) is 1.50. The molecule has 1 aromatic heterocycles. The number of nitrogens with one attached hydrogen (secondary N) is 1. The van der Waals surface area contributed by atoms with E-state index in [1.54, 1.807) is 28.6 Å². The van der Waals surface area contributed by atoms with E-state index in [0.29, 0.717) is 33.1 Å². The first-order valence-electron chi connectivity index (χ1n) is 10.4. The predicted octanol–water partition coefficient (Wildman–Crippen LogP) is 6.54. The van der Waals surface area contributed by atoms with Crippen molar-refractivity contribution in [2.45, 2.75) is 43.6 Å². The smallest absolute Gasteiger partial charge is 0.227 e. The lowest BCUT2D eigenvalue weighted by molar-refractivity contribution is -0.118. The van der Waals surface area contributed by atoms with Crippen LogP contribution < -0.4 is 5.32 Å². The molecule has 0 amide bonds. The Labute approximate surface area is 201 Å². The number of carbonyl (C=O) groups is 1. The summed E-state index contributed by atoms with van der Waals surface area (Å²) < 4.78 is 1.79. The fourth-order valence-electron chi connectivity index (χ4n) is 4.38. The molecule has 5 nitrogen and oxygen atoms in total. The fourth-order valence-corrected chi connectivity index (χ4v) is 5.68. The summed E-state index contributed by atoms with van der Waals surface area (Å²) in [6, 6.07) is 15.1. The van der Waals surface area contributed by atoms with E-state index in [9.17, 15) is 4.79 Å². The summed E-state index contributed by atoms with van der Waals surface area (Å²) in [5, 5.41) is 9.89. The molecule has 0 unspecified atom stereocenters. The number of aromatic nitrogens is 3. The summed E-state index contributed by atoms with van der Waals surface area (Å²) in [5.41, 5.74) is 3.49. The second-order valence-electron chi connectivity index (χ2n) is 8.96.